The van der Waals surface area contributed by atoms with Crippen LogP contribution < -0.4 is 5.32 Å². The molecule has 2 heterocycles. The van der Waals surface area contributed by atoms with E-state index in [0.717, 1.165) is 28.5 Å². The van der Waals surface area contributed by atoms with Crippen LogP contribution >= 0.6 is 0 Å². The Morgan fingerprint density at radius 2 is 1.92 bits per heavy atom. The third kappa shape index (κ3) is 3.29. The van der Waals surface area contributed by atoms with Crippen molar-refractivity contribution in [1.82, 2.24) is 4.90 Å². The smallest absolute Gasteiger partial charge is 0.138 e. The monoisotopic (exact) mass is 323 g/mol. The minimum atomic E-state index is -0.00765. The maximum Gasteiger partial charge on any atom is 0.138 e. The molecule has 0 saturated heterocycles. The van der Waals surface area contributed by atoms with Crippen molar-refractivity contribution < 1.29 is 5.11 Å². The lowest BCUT2D eigenvalue weighted by Crippen LogP contribution is -2.35. The molecule has 0 saturated carbocycles. The van der Waals surface area contributed by atoms with Gasteiger partial charge in [0.15, 0.2) is 0 Å². The number of benzene rings is 1. The van der Waals surface area contributed by atoms with Crippen LogP contribution in [0.2, 0.25) is 0 Å². The Morgan fingerprint density at radius 3 is 2.54 bits per heavy atom. The normalized spacial score (nSPS) is 17.5. The Bertz CT molecular complexity index is 746. The van der Waals surface area contributed by atoms with Crippen LogP contribution in [0.25, 0.3) is 0 Å². The number of anilines is 1. The Hall–Kier alpha value is -2.33. The zero-order valence-corrected chi connectivity index (χ0v) is 14.8. The molecule has 24 heavy (non-hydrogen) atoms. The molecule has 0 spiro atoms. The van der Waals surface area contributed by atoms with Gasteiger partial charge in [-0.2, -0.15) is 0 Å². The van der Waals surface area contributed by atoms with E-state index in [1.807, 2.05) is 12.3 Å². The van der Waals surface area contributed by atoms with Crippen molar-refractivity contribution in [3.05, 3.63) is 65.1 Å². The summed E-state index contributed by atoms with van der Waals surface area (Å²) in [6.45, 7) is 9.31. The standard InChI is InChI=1S/C20H25N3O/c1-14-6-5-11-23-12-15(13-24)18(22-19(14)23)21-17-9-7-16(8-10-17)20(2,3)4/h5-11,21,24H,12-13H2,1-4H3. The molecule has 0 fully saturated rings. The predicted octanol–water partition coefficient (Wildman–Crippen LogP) is 3.79. The maximum absolute atomic E-state index is 9.71. The van der Waals surface area contributed by atoms with E-state index >= 15 is 0 Å². The van der Waals surface area contributed by atoms with Crippen molar-refractivity contribution >= 4 is 11.5 Å². The van der Waals surface area contributed by atoms with Gasteiger partial charge >= 0.3 is 0 Å². The lowest BCUT2D eigenvalue weighted by Gasteiger charge is -2.31. The summed E-state index contributed by atoms with van der Waals surface area (Å²) in [6.07, 6.45) is 6.05. The van der Waals surface area contributed by atoms with E-state index < -0.39 is 0 Å². The molecule has 0 aromatic heterocycles. The molecule has 126 valence electrons. The molecule has 2 aliphatic heterocycles. The molecule has 4 heteroatoms. The molecule has 0 radical (unpaired) electrons. The van der Waals surface area contributed by atoms with Crippen molar-refractivity contribution in [2.24, 2.45) is 4.99 Å². The summed E-state index contributed by atoms with van der Waals surface area (Å²) < 4.78 is 0. The minimum absolute atomic E-state index is 0.00765. The first kappa shape index (κ1) is 16.5. The Morgan fingerprint density at radius 1 is 1.21 bits per heavy atom. The number of hydrogen-bond donors (Lipinski definition) is 2. The summed E-state index contributed by atoms with van der Waals surface area (Å²) in [5.41, 5.74) is 4.42. The van der Waals surface area contributed by atoms with Crippen molar-refractivity contribution in [1.29, 1.82) is 0 Å². The van der Waals surface area contributed by atoms with Gasteiger partial charge in [-0.25, -0.2) is 4.99 Å². The summed E-state index contributed by atoms with van der Waals surface area (Å²) >= 11 is 0. The van der Waals surface area contributed by atoms with Crippen LogP contribution in [-0.4, -0.2) is 29.0 Å². The number of rotatable bonds is 3. The molecule has 0 aliphatic carbocycles. The first-order chi connectivity index (χ1) is 11.4. The highest BCUT2D eigenvalue weighted by Crippen LogP contribution is 2.26. The number of aliphatic hydroxyl groups excluding tert-OH is 1. The minimum Gasteiger partial charge on any atom is -0.392 e. The Labute approximate surface area is 143 Å². The van der Waals surface area contributed by atoms with Crippen LogP contribution in [0.4, 0.5) is 5.69 Å². The molecule has 0 amide bonds. The lowest BCUT2D eigenvalue weighted by molar-refractivity contribution is 0.319. The molecular formula is C20H25N3O. The van der Waals surface area contributed by atoms with Gasteiger partial charge in [-0.15, -0.1) is 0 Å². The SMILES string of the molecule is CC1=CC=CN2CC(CO)=C(Nc3ccc(C(C)(C)C)cc3)N=C12. The average Bonchev–Trinajstić information content (AvgIpc) is 2.55. The first-order valence-corrected chi connectivity index (χ1v) is 8.30. The fourth-order valence-electron chi connectivity index (χ4n) is 2.84. The number of nitrogens with one attached hydrogen (secondary N) is 1. The van der Waals surface area contributed by atoms with Crippen LogP contribution in [0.5, 0.6) is 0 Å². The molecule has 2 N–H and O–H groups in total. The molecule has 3 rings (SSSR count). The van der Waals surface area contributed by atoms with Crippen LogP contribution in [-0.2, 0) is 5.41 Å². The van der Waals surface area contributed by atoms with E-state index in [9.17, 15) is 5.11 Å². The highest BCUT2D eigenvalue weighted by atomic mass is 16.3. The summed E-state index contributed by atoms with van der Waals surface area (Å²) in [5.74, 6) is 1.68. The van der Waals surface area contributed by atoms with E-state index in [4.69, 9.17) is 4.99 Å². The zero-order chi connectivity index (χ0) is 17.3. The van der Waals surface area contributed by atoms with Gasteiger partial charge in [-0.3, -0.25) is 0 Å². The highest BCUT2D eigenvalue weighted by molar-refractivity contribution is 6.01. The molecule has 0 atom stereocenters. The first-order valence-electron chi connectivity index (χ1n) is 8.30. The second-order valence-electron chi connectivity index (χ2n) is 7.32. The number of nitrogens with zero attached hydrogens (tertiary/aromatic N) is 2. The van der Waals surface area contributed by atoms with Crippen LogP contribution in [0.15, 0.2) is 64.6 Å². The van der Waals surface area contributed by atoms with Crippen molar-refractivity contribution in [3.8, 4) is 0 Å². The summed E-state index contributed by atoms with van der Waals surface area (Å²) in [7, 11) is 0. The fraction of sp³-hybridized carbons (Fsp3) is 0.350. The summed E-state index contributed by atoms with van der Waals surface area (Å²) in [6, 6.07) is 8.41. The second-order valence-corrected chi connectivity index (χ2v) is 7.32. The van der Waals surface area contributed by atoms with Gasteiger partial charge < -0.3 is 15.3 Å². The predicted molar refractivity (Wildman–Crippen MR) is 99.9 cm³/mol. The largest absolute Gasteiger partial charge is 0.392 e. The van der Waals surface area contributed by atoms with E-state index in [-0.39, 0.29) is 12.0 Å². The molecule has 2 aliphatic rings. The van der Waals surface area contributed by atoms with Gasteiger partial charge in [0.2, 0.25) is 0 Å². The van der Waals surface area contributed by atoms with Crippen molar-refractivity contribution in [3.63, 3.8) is 0 Å². The number of amidine groups is 1. The summed E-state index contributed by atoms with van der Waals surface area (Å²) in [5, 5.41) is 13.1. The maximum atomic E-state index is 9.71. The number of aliphatic imine (C=N–C) groups is 1. The highest BCUT2D eigenvalue weighted by Gasteiger charge is 2.23. The molecule has 1 aromatic carbocycles. The lowest BCUT2D eigenvalue weighted by atomic mass is 9.87. The van der Waals surface area contributed by atoms with E-state index in [1.54, 1.807) is 0 Å². The second kappa shape index (κ2) is 6.29. The summed E-state index contributed by atoms with van der Waals surface area (Å²) in [4.78, 5) is 6.80. The third-order valence-electron chi connectivity index (χ3n) is 4.36. The Balaban J connectivity index is 1.87. The molecular weight excluding hydrogens is 298 g/mol. The number of fused-ring (bicyclic) bond motifs is 1. The average molecular weight is 323 g/mol. The molecule has 4 nitrogen and oxygen atoms in total. The number of allylic oxidation sites excluding steroid dienone is 2. The van der Waals surface area contributed by atoms with Gasteiger partial charge in [0.1, 0.15) is 11.7 Å². The third-order valence-corrected chi connectivity index (χ3v) is 4.36. The number of hydrogen-bond acceptors (Lipinski definition) is 4. The van der Waals surface area contributed by atoms with E-state index in [2.05, 4.69) is 68.3 Å². The van der Waals surface area contributed by atoms with Gasteiger partial charge in [-0.05, 0) is 41.7 Å². The van der Waals surface area contributed by atoms with Crippen molar-refractivity contribution in [2.45, 2.75) is 33.1 Å². The van der Waals surface area contributed by atoms with E-state index in [0.29, 0.717) is 6.54 Å². The quantitative estimate of drug-likeness (QED) is 0.890. The van der Waals surface area contributed by atoms with Gasteiger partial charge in [0.05, 0.1) is 13.2 Å². The molecule has 0 unspecified atom stereocenters. The zero-order valence-electron chi connectivity index (χ0n) is 14.8. The topological polar surface area (TPSA) is 47.9 Å². The van der Waals surface area contributed by atoms with E-state index in [1.165, 1.54) is 5.56 Å². The van der Waals surface area contributed by atoms with Gasteiger partial charge in [0.25, 0.3) is 0 Å². The fourth-order valence-corrected chi connectivity index (χ4v) is 2.84. The van der Waals surface area contributed by atoms with Crippen LogP contribution in [0.3, 0.4) is 0 Å². The van der Waals surface area contributed by atoms with Crippen LogP contribution in [0.1, 0.15) is 33.3 Å². The van der Waals surface area contributed by atoms with Crippen molar-refractivity contribution in [2.75, 3.05) is 18.5 Å². The Kier molecular flexibility index (Phi) is 4.33. The molecule has 0 bridgehead atoms. The van der Waals surface area contributed by atoms with Crippen LogP contribution in [0, 0.1) is 0 Å². The molecule has 1 aromatic rings. The van der Waals surface area contributed by atoms with Gasteiger partial charge in [0, 0.05) is 17.5 Å². The number of aliphatic hydroxyl groups is 1. The van der Waals surface area contributed by atoms with Gasteiger partial charge in [-0.1, -0.05) is 39.0 Å².